The van der Waals surface area contributed by atoms with Crippen LogP contribution in [0.5, 0.6) is 0 Å². The van der Waals surface area contributed by atoms with E-state index in [1.165, 1.54) is 16.9 Å². The Labute approximate surface area is 226 Å². The van der Waals surface area contributed by atoms with Crippen LogP contribution in [0.1, 0.15) is 45.4 Å². The van der Waals surface area contributed by atoms with E-state index in [0.717, 1.165) is 78.1 Å². The van der Waals surface area contributed by atoms with Crippen molar-refractivity contribution >= 4 is 46.1 Å². The van der Waals surface area contributed by atoms with Gasteiger partial charge in [0, 0.05) is 51.1 Å². The van der Waals surface area contributed by atoms with Crippen molar-refractivity contribution in [2.75, 3.05) is 32.7 Å². The highest BCUT2D eigenvalue weighted by molar-refractivity contribution is 7.12. The number of rotatable bonds is 9. The summed E-state index contributed by atoms with van der Waals surface area (Å²) >= 11 is 1.40. The third-order valence-corrected chi connectivity index (χ3v) is 8.34. The van der Waals surface area contributed by atoms with Gasteiger partial charge in [-0.15, -0.1) is 11.3 Å². The van der Waals surface area contributed by atoms with E-state index in [4.69, 9.17) is 5.73 Å². The summed E-state index contributed by atoms with van der Waals surface area (Å²) < 4.78 is 0. The van der Waals surface area contributed by atoms with Crippen molar-refractivity contribution in [2.24, 2.45) is 5.73 Å². The first-order chi connectivity index (χ1) is 18.4. The molecular formula is C30H33N5O2S. The van der Waals surface area contributed by atoms with Gasteiger partial charge in [-0.25, -0.2) is 0 Å². The lowest BCUT2D eigenvalue weighted by Gasteiger charge is -2.34. The number of benzene rings is 2. The number of nitrogens with zero attached hydrogens (tertiary/aromatic N) is 3. The van der Waals surface area contributed by atoms with Crippen LogP contribution in [0.25, 0.3) is 34.2 Å². The Bertz CT molecular complexity index is 1490. The largest absolute Gasteiger partial charge is 0.365 e. The summed E-state index contributed by atoms with van der Waals surface area (Å²) in [6.07, 6.45) is 4.75. The number of piperazine rings is 1. The molecule has 0 saturated carbocycles. The van der Waals surface area contributed by atoms with Gasteiger partial charge in [0.05, 0.1) is 16.1 Å². The molecule has 2 aromatic carbocycles. The zero-order valence-electron chi connectivity index (χ0n) is 21.9. The highest BCUT2D eigenvalue weighted by atomic mass is 32.1. The number of para-hydroxylation sites is 1. The minimum absolute atomic E-state index is 0.248. The van der Waals surface area contributed by atoms with Gasteiger partial charge in [0.15, 0.2) is 0 Å². The number of nitrogens with two attached hydrogens (primary N) is 1. The Hall–Kier alpha value is -3.59. The molecule has 5 rings (SSSR count). The third kappa shape index (κ3) is 5.78. The van der Waals surface area contributed by atoms with Crippen molar-refractivity contribution in [1.29, 1.82) is 0 Å². The molecule has 8 heteroatoms. The molecular weight excluding hydrogens is 494 g/mol. The second kappa shape index (κ2) is 11.4. The molecule has 1 amide bonds. The smallest absolute Gasteiger partial charge is 0.259 e. The van der Waals surface area contributed by atoms with Gasteiger partial charge in [-0.2, -0.15) is 5.10 Å². The molecule has 4 aromatic rings. The fourth-order valence-electron chi connectivity index (χ4n) is 5.03. The number of thiophene rings is 1. The molecule has 3 heterocycles. The second-order valence-electron chi connectivity index (χ2n) is 9.95. The first-order valence-electron chi connectivity index (χ1n) is 13.0. The Morgan fingerprint density at radius 2 is 1.82 bits per heavy atom. The van der Waals surface area contributed by atoms with Crippen molar-refractivity contribution in [3.8, 4) is 11.1 Å². The second-order valence-corrected chi connectivity index (χ2v) is 10.8. The normalized spacial score (nSPS) is 15.0. The first kappa shape index (κ1) is 26.0. The monoisotopic (exact) mass is 527 g/mol. The van der Waals surface area contributed by atoms with Crippen molar-refractivity contribution in [3.63, 3.8) is 0 Å². The summed E-state index contributed by atoms with van der Waals surface area (Å²) in [5, 5.41) is 10.7. The minimum atomic E-state index is -0.391. The molecule has 38 heavy (non-hydrogen) atoms. The van der Waals surface area contributed by atoms with Crippen LogP contribution in [0, 0.1) is 6.92 Å². The Morgan fingerprint density at radius 1 is 1.05 bits per heavy atom. The third-order valence-electron chi connectivity index (χ3n) is 7.24. The standard InChI is InChI=1S/C30H33N5O2S/c1-20(36)11-12-34-13-15-35(16-14-34)18-22-7-8-23(9-10-28-24-5-3-4-6-27(24)32-33-28)25(17-22)26-19-38-29(21(26)2)30(31)37/h3-10,17,19H,11-16,18H2,1-2H3,(H2,31,37)(H,32,33). The lowest BCUT2D eigenvalue weighted by atomic mass is 9.95. The van der Waals surface area contributed by atoms with E-state index in [0.29, 0.717) is 11.3 Å². The van der Waals surface area contributed by atoms with Crippen LogP contribution in [0.3, 0.4) is 0 Å². The van der Waals surface area contributed by atoms with E-state index in [1.807, 2.05) is 36.6 Å². The van der Waals surface area contributed by atoms with Crippen LogP contribution in [-0.2, 0) is 11.3 Å². The molecule has 0 atom stereocenters. The number of Topliss-reactive ketones (excluding diaryl/α,β-unsaturated/α-hetero) is 1. The number of nitrogens with one attached hydrogen (secondary N) is 1. The van der Waals surface area contributed by atoms with Crippen molar-refractivity contribution < 1.29 is 9.59 Å². The van der Waals surface area contributed by atoms with Crippen LogP contribution < -0.4 is 5.73 Å². The molecule has 3 N–H and O–H groups in total. The lowest BCUT2D eigenvalue weighted by Crippen LogP contribution is -2.46. The van der Waals surface area contributed by atoms with E-state index < -0.39 is 5.91 Å². The van der Waals surface area contributed by atoms with Gasteiger partial charge < -0.3 is 10.6 Å². The molecule has 0 bridgehead atoms. The van der Waals surface area contributed by atoms with Gasteiger partial charge in [-0.3, -0.25) is 19.6 Å². The fourth-order valence-corrected chi connectivity index (χ4v) is 5.97. The average molecular weight is 528 g/mol. The van der Waals surface area contributed by atoms with Crippen LogP contribution in [-0.4, -0.2) is 64.4 Å². The summed E-state index contributed by atoms with van der Waals surface area (Å²) in [7, 11) is 0. The van der Waals surface area contributed by atoms with Crippen LogP contribution in [0.2, 0.25) is 0 Å². The van der Waals surface area contributed by atoms with Crippen molar-refractivity contribution in [2.45, 2.75) is 26.8 Å². The maximum Gasteiger partial charge on any atom is 0.259 e. The number of hydrogen-bond donors (Lipinski definition) is 2. The Kier molecular flexibility index (Phi) is 7.83. The number of carbonyl (C=O) groups is 2. The summed E-state index contributed by atoms with van der Waals surface area (Å²) in [4.78, 5) is 28.7. The summed E-state index contributed by atoms with van der Waals surface area (Å²) in [5.74, 6) is -0.143. The number of aromatic amines is 1. The number of primary amides is 1. The van der Waals surface area contributed by atoms with Gasteiger partial charge >= 0.3 is 0 Å². The Morgan fingerprint density at radius 3 is 2.55 bits per heavy atom. The topological polar surface area (TPSA) is 95.3 Å². The molecule has 1 fully saturated rings. The van der Waals surface area contributed by atoms with Crippen molar-refractivity contribution in [3.05, 3.63) is 75.1 Å². The molecule has 0 aliphatic carbocycles. The van der Waals surface area contributed by atoms with E-state index >= 15 is 0 Å². The molecule has 0 unspecified atom stereocenters. The zero-order valence-corrected chi connectivity index (χ0v) is 22.7. The predicted octanol–water partition coefficient (Wildman–Crippen LogP) is 4.97. The minimum Gasteiger partial charge on any atom is -0.365 e. The zero-order chi connectivity index (χ0) is 26.6. The van der Waals surface area contributed by atoms with E-state index in [2.05, 4.69) is 50.3 Å². The Balaban J connectivity index is 1.41. The van der Waals surface area contributed by atoms with Gasteiger partial charge in [0.2, 0.25) is 0 Å². The van der Waals surface area contributed by atoms with E-state index in [-0.39, 0.29) is 5.78 Å². The molecule has 1 aliphatic rings. The van der Waals surface area contributed by atoms with Crippen LogP contribution in [0.15, 0.2) is 47.8 Å². The molecule has 7 nitrogen and oxygen atoms in total. The SMILES string of the molecule is CC(=O)CCN1CCN(Cc2ccc(C=Cc3n[nH]c4ccccc34)c(-c3csc(C(N)=O)c3C)c2)CC1. The predicted molar refractivity (Wildman–Crippen MR) is 155 cm³/mol. The number of fused-ring (bicyclic) bond motifs is 1. The number of aromatic nitrogens is 2. The van der Waals surface area contributed by atoms with Gasteiger partial charge in [-0.05, 0) is 65.3 Å². The quantitative estimate of drug-likeness (QED) is 0.321. The number of H-pyrrole nitrogens is 1. The number of hydrogen-bond acceptors (Lipinski definition) is 6. The maximum atomic E-state index is 12.0. The first-order valence-corrected chi connectivity index (χ1v) is 13.8. The van der Waals surface area contributed by atoms with Gasteiger partial charge in [0.25, 0.3) is 5.91 Å². The number of carbonyl (C=O) groups excluding carboxylic acids is 2. The lowest BCUT2D eigenvalue weighted by molar-refractivity contribution is -0.117. The molecule has 1 aliphatic heterocycles. The molecule has 2 aromatic heterocycles. The van der Waals surface area contributed by atoms with Crippen molar-refractivity contribution in [1.82, 2.24) is 20.0 Å². The summed E-state index contributed by atoms with van der Waals surface area (Å²) in [6, 6.07) is 14.7. The van der Waals surface area contributed by atoms with Crippen LogP contribution >= 0.6 is 11.3 Å². The number of ketones is 1. The van der Waals surface area contributed by atoms with Gasteiger partial charge in [-0.1, -0.05) is 36.4 Å². The highest BCUT2D eigenvalue weighted by Crippen LogP contribution is 2.35. The van der Waals surface area contributed by atoms with E-state index in [1.54, 1.807) is 6.92 Å². The molecule has 0 radical (unpaired) electrons. The fraction of sp³-hybridized carbons (Fsp3) is 0.300. The van der Waals surface area contributed by atoms with E-state index in [9.17, 15) is 9.59 Å². The summed E-state index contributed by atoms with van der Waals surface area (Å²) in [5.41, 5.74) is 12.9. The van der Waals surface area contributed by atoms with Crippen LogP contribution in [0.4, 0.5) is 0 Å². The average Bonchev–Trinajstić information content (AvgIpc) is 3.51. The molecule has 196 valence electrons. The summed E-state index contributed by atoms with van der Waals surface area (Å²) in [6.45, 7) is 9.23. The maximum absolute atomic E-state index is 12.0. The number of amides is 1. The molecule has 0 spiro atoms. The van der Waals surface area contributed by atoms with Gasteiger partial charge in [0.1, 0.15) is 5.78 Å². The molecule has 1 saturated heterocycles. The highest BCUT2D eigenvalue weighted by Gasteiger charge is 2.19.